The maximum atomic E-state index is 5.72. The molecule has 18 heavy (non-hydrogen) atoms. The van der Waals surface area contributed by atoms with E-state index in [9.17, 15) is 0 Å². The maximum Gasteiger partial charge on any atom is 0.164 e. The summed E-state index contributed by atoms with van der Waals surface area (Å²) in [5.41, 5.74) is 8.66. The Balaban J connectivity index is 1.86. The third kappa shape index (κ3) is 3.86. The SMILES string of the molecule is Nc1cccc(CC(=S)OCc2ccccc2)c1. The molecule has 0 aliphatic heterocycles. The molecule has 0 radical (unpaired) electrons. The minimum atomic E-state index is 0.516. The Bertz CT molecular complexity index is 525. The molecule has 2 nitrogen and oxygen atoms in total. The summed E-state index contributed by atoms with van der Waals surface area (Å²) in [5, 5.41) is 0.587. The van der Waals surface area contributed by atoms with Gasteiger partial charge in [-0.05, 0) is 35.5 Å². The van der Waals surface area contributed by atoms with Crippen LogP contribution in [0, 0.1) is 0 Å². The zero-order valence-electron chi connectivity index (χ0n) is 10.0. The number of nitrogen functional groups attached to an aromatic ring is 1. The van der Waals surface area contributed by atoms with Gasteiger partial charge in [-0.3, -0.25) is 0 Å². The molecule has 0 atom stereocenters. The van der Waals surface area contributed by atoms with Crippen LogP contribution in [0.3, 0.4) is 0 Å². The molecule has 0 amide bonds. The van der Waals surface area contributed by atoms with Crippen LogP contribution in [-0.4, -0.2) is 5.05 Å². The average molecular weight is 257 g/mol. The van der Waals surface area contributed by atoms with Gasteiger partial charge in [-0.1, -0.05) is 42.5 Å². The molecule has 0 bridgehead atoms. The third-order valence-electron chi connectivity index (χ3n) is 2.54. The van der Waals surface area contributed by atoms with Gasteiger partial charge in [-0.2, -0.15) is 0 Å². The zero-order valence-corrected chi connectivity index (χ0v) is 10.8. The van der Waals surface area contributed by atoms with Crippen molar-refractivity contribution in [2.45, 2.75) is 13.0 Å². The molecule has 0 heterocycles. The molecule has 2 N–H and O–H groups in total. The van der Waals surface area contributed by atoms with Crippen molar-refractivity contribution in [3.63, 3.8) is 0 Å². The first-order valence-corrected chi connectivity index (χ1v) is 6.19. The predicted molar refractivity (Wildman–Crippen MR) is 78.4 cm³/mol. The molecule has 0 saturated carbocycles. The monoisotopic (exact) mass is 257 g/mol. The third-order valence-corrected chi connectivity index (χ3v) is 2.80. The second-order valence-corrected chi connectivity index (χ2v) is 4.52. The van der Waals surface area contributed by atoms with E-state index in [1.807, 2.05) is 54.6 Å². The number of ether oxygens (including phenoxy) is 1. The summed E-state index contributed by atoms with van der Waals surface area (Å²) in [5.74, 6) is 0. The first-order valence-electron chi connectivity index (χ1n) is 5.78. The highest BCUT2D eigenvalue weighted by Gasteiger charge is 2.01. The van der Waals surface area contributed by atoms with Crippen molar-refractivity contribution in [3.05, 3.63) is 65.7 Å². The fourth-order valence-corrected chi connectivity index (χ4v) is 1.88. The Kier molecular flexibility index (Phi) is 4.31. The van der Waals surface area contributed by atoms with Crippen molar-refractivity contribution in [1.29, 1.82) is 0 Å². The van der Waals surface area contributed by atoms with Gasteiger partial charge in [-0.25, -0.2) is 0 Å². The summed E-state index contributed by atoms with van der Waals surface area (Å²) in [6.07, 6.45) is 0.618. The van der Waals surface area contributed by atoms with Crippen LogP contribution < -0.4 is 5.73 Å². The van der Waals surface area contributed by atoms with Crippen LogP contribution in [0.1, 0.15) is 11.1 Å². The van der Waals surface area contributed by atoms with Gasteiger partial charge in [-0.15, -0.1) is 0 Å². The lowest BCUT2D eigenvalue weighted by Gasteiger charge is -2.08. The minimum absolute atomic E-state index is 0.516. The number of thiocarbonyl (C=S) groups is 1. The molecular formula is C15H15NOS. The van der Waals surface area contributed by atoms with Crippen LogP contribution in [0.25, 0.3) is 0 Å². The standard InChI is InChI=1S/C15H15NOS/c16-14-8-4-7-13(9-14)10-15(18)17-11-12-5-2-1-3-6-12/h1-9H,10-11,16H2. The Hall–Kier alpha value is -1.87. The van der Waals surface area contributed by atoms with Crippen molar-refractivity contribution in [3.8, 4) is 0 Å². The molecule has 2 aromatic rings. The molecule has 0 spiro atoms. The van der Waals surface area contributed by atoms with Gasteiger partial charge in [0.15, 0.2) is 5.05 Å². The molecule has 2 rings (SSSR count). The largest absolute Gasteiger partial charge is 0.482 e. The number of anilines is 1. The minimum Gasteiger partial charge on any atom is -0.482 e. The summed E-state index contributed by atoms with van der Waals surface area (Å²) in [7, 11) is 0. The second kappa shape index (κ2) is 6.17. The van der Waals surface area contributed by atoms with Crippen molar-refractivity contribution < 1.29 is 4.74 Å². The molecule has 2 aromatic carbocycles. The van der Waals surface area contributed by atoms with E-state index < -0.39 is 0 Å². The van der Waals surface area contributed by atoms with Gasteiger partial charge in [0.05, 0.1) is 0 Å². The lowest BCUT2D eigenvalue weighted by molar-refractivity contribution is 0.295. The van der Waals surface area contributed by atoms with E-state index in [0.717, 1.165) is 16.8 Å². The Labute approximate surface area is 112 Å². The van der Waals surface area contributed by atoms with Crippen LogP contribution >= 0.6 is 12.2 Å². The Morgan fingerprint density at radius 1 is 1.00 bits per heavy atom. The quantitative estimate of drug-likeness (QED) is 0.674. The van der Waals surface area contributed by atoms with Gasteiger partial charge in [0.1, 0.15) is 6.61 Å². The molecule has 0 aromatic heterocycles. The molecule has 0 aliphatic rings. The molecule has 0 saturated heterocycles. The van der Waals surface area contributed by atoms with E-state index in [4.69, 9.17) is 22.7 Å². The normalized spacial score (nSPS) is 10.0. The van der Waals surface area contributed by atoms with E-state index in [1.54, 1.807) is 0 Å². The van der Waals surface area contributed by atoms with Crippen LogP contribution in [0.4, 0.5) is 5.69 Å². The number of benzene rings is 2. The first-order chi connectivity index (χ1) is 8.74. The van der Waals surface area contributed by atoms with Crippen molar-refractivity contribution in [1.82, 2.24) is 0 Å². The highest BCUT2D eigenvalue weighted by atomic mass is 32.1. The summed E-state index contributed by atoms with van der Waals surface area (Å²) >= 11 is 5.22. The smallest absolute Gasteiger partial charge is 0.164 e. The Morgan fingerprint density at radius 3 is 2.44 bits per heavy atom. The molecule has 0 aliphatic carbocycles. The second-order valence-electron chi connectivity index (χ2n) is 4.07. The molecular weight excluding hydrogens is 242 g/mol. The predicted octanol–water partition coefficient (Wildman–Crippen LogP) is 3.36. The number of rotatable bonds is 4. The molecule has 92 valence electrons. The summed E-state index contributed by atoms with van der Waals surface area (Å²) in [6.45, 7) is 0.516. The highest BCUT2D eigenvalue weighted by Crippen LogP contribution is 2.09. The fraction of sp³-hybridized carbons (Fsp3) is 0.133. The fourth-order valence-electron chi connectivity index (χ4n) is 1.66. The Morgan fingerprint density at radius 2 is 1.72 bits per heavy atom. The lowest BCUT2D eigenvalue weighted by Crippen LogP contribution is -2.05. The van der Waals surface area contributed by atoms with Gasteiger partial charge < -0.3 is 10.5 Å². The van der Waals surface area contributed by atoms with Gasteiger partial charge in [0.25, 0.3) is 0 Å². The average Bonchev–Trinajstić information content (AvgIpc) is 2.38. The molecule has 3 heteroatoms. The van der Waals surface area contributed by atoms with E-state index in [1.165, 1.54) is 0 Å². The summed E-state index contributed by atoms with van der Waals surface area (Å²) in [4.78, 5) is 0. The summed E-state index contributed by atoms with van der Waals surface area (Å²) < 4.78 is 5.56. The maximum absolute atomic E-state index is 5.72. The van der Waals surface area contributed by atoms with Crippen molar-refractivity contribution in [2.75, 3.05) is 5.73 Å². The first kappa shape index (κ1) is 12.6. The van der Waals surface area contributed by atoms with Crippen LogP contribution in [0.15, 0.2) is 54.6 Å². The van der Waals surface area contributed by atoms with E-state index >= 15 is 0 Å². The van der Waals surface area contributed by atoms with Crippen LogP contribution in [0.5, 0.6) is 0 Å². The zero-order chi connectivity index (χ0) is 12.8. The van der Waals surface area contributed by atoms with Crippen LogP contribution in [-0.2, 0) is 17.8 Å². The number of nitrogens with two attached hydrogens (primary N) is 1. The van der Waals surface area contributed by atoms with Crippen molar-refractivity contribution in [2.24, 2.45) is 0 Å². The van der Waals surface area contributed by atoms with Crippen LogP contribution in [0.2, 0.25) is 0 Å². The van der Waals surface area contributed by atoms with Gasteiger partial charge in [0.2, 0.25) is 0 Å². The highest BCUT2D eigenvalue weighted by molar-refractivity contribution is 7.80. The topological polar surface area (TPSA) is 35.2 Å². The summed E-state index contributed by atoms with van der Waals surface area (Å²) in [6, 6.07) is 17.7. The van der Waals surface area contributed by atoms with Crippen molar-refractivity contribution >= 4 is 23.0 Å². The van der Waals surface area contributed by atoms with E-state index in [2.05, 4.69) is 0 Å². The van der Waals surface area contributed by atoms with Gasteiger partial charge in [0, 0.05) is 12.1 Å². The number of hydrogen-bond donors (Lipinski definition) is 1. The lowest BCUT2D eigenvalue weighted by atomic mass is 10.1. The molecule has 0 fully saturated rings. The number of hydrogen-bond acceptors (Lipinski definition) is 3. The van der Waals surface area contributed by atoms with E-state index in [-0.39, 0.29) is 0 Å². The van der Waals surface area contributed by atoms with Gasteiger partial charge >= 0.3 is 0 Å². The van der Waals surface area contributed by atoms with E-state index in [0.29, 0.717) is 18.1 Å². The molecule has 0 unspecified atom stereocenters.